The molecule has 1 aromatic rings. The van der Waals surface area contributed by atoms with E-state index in [0.717, 1.165) is 0 Å². The summed E-state index contributed by atoms with van der Waals surface area (Å²) in [6.45, 7) is 3.77. The maximum Gasteiger partial charge on any atom is 0.320 e. The number of fused-ring (bicyclic) bond motifs is 1. The zero-order chi connectivity index (χ0) is 14.2. The van der Waals surface area contributed by atoms with Gasteiger partial charge in [0.15, 0.2) is 0 Å². The molecular formula is C13H16FN3O2. The molecule has 0 saturated heterocycles. The summed E-state index contributed by atoms with van der Waals surface area (Å²) in [6, 6.07) is 2.80. The highest BCUT2D eigenvalue weighted by molar-refractivity contribution is 6.11. The molecule has 0 aliphatic carbocycles. The van der Waals surface area contributed by atoms with Gasteiger partial charge in [-0.1, -0.05) is 26.3 Å². The summed E-state index contributed by atoms with van der Waals surface area (Å²) in [5, 5.41) is 2.51. The van der Waals surface area contributed by atoms with Crippen LogP contribution in [0, 0.1) is 11.7 Å². The van der Waals surface area contributed by atoms with Crippen molar-refractivity contribution in [2.45, 2.75) is 26.3 Å². The van der Waals surface area contributed by atoms with Gasteiger partial charge in [0, 0.05) is 0 Å². The first kappa shape index (κ1) is 13.3. The number of nitrogens with one attached hydrogen (secondary N) is 1. The highest BCUT2D eigenvalue weighted by Gasteiger charge is 2.39. The number of primary amides is 1. The third-order valence-corrected chi connectivity index (χ3v) is 3.47. The van der Waals surface area contributed by atoms with Crippen LogP contribution in [0.15, 0.2) is 18.2 Å². The van der Waals surface area contributed by atoms with E-state index in [1.807, 2.05) is 13.8 Å². The average Bonchev–Trinajstić information content (AvgIpc) is 2.37. The van der Waals surface area contributed by atoms with Crippen LogP contribution >= 0.6 is 0 Å². The van der Waals surface area contributed by atoms with Crippen molar-refractivity contribution in [2.24, 2.45) is 11.7 Å². The molecule has 19 heavy (non-hydrogen) atoms. The summed E-state index contributed by atoms with van der Waals surface area (Å²) in [7, 11) is 0. The number of halogens is 1. The predicted molar refractivity (Wildman–Crippen MR) is 70.3 cm³/mol. The Morgan fingerprint density at radius 2 is 2.26 bits per heavy atom. The Hall–Kier alpha value is -2.11. The zero-order valence-electron chi connectivity index (χ0n) is 10.8. The van der Waals surface area contributed by atoms with Crippen LogP contribution in [0.5, 0.6) is 0 Å². The second-order valence-corrected chi connectivity index (χ2v) is 4.66. The molecule has 6 heteroatoms. The van der Waals surface area contributed by atoms with E-state index in [1.54, 1.807) is 6.07 Å². The van der Waals surface area contributed by atoms with Crippen molar-refractivity contribution in [2.75, 3.05) is 10.2 Å². The quantitative estimate of drug-likeness (QED) is 0.859. The third kappa shape index (κ3) is 2.14. The molecule has 0 bridgehead atoms. The smallest absolute Gasteiger partial charge is 0.320 e. The SMILES string of the molecule is CCC(C)[C@H]1C(=O)Nc2c(F)cccc2N1C(N)=O. The minimum Gasteiger partial charge on any atom is -0.351 e. The molecule has 5 nitrogen and oxygen atoms in total. The predicted octanol–water partition coefficient (Wildman–Crippen LogP) is 2.08. The van der Waals surface area contributed by atoms with E-state index in [1.165, 1.54) is 17.0 Å². The molecule has 3 N–H and O–H groups in total. The fourth-order valence-electron chi connectivity index (χ4n) is 2.29. The molecule has 0 aromatic heterocycles. The number of nitrogens with zero attached hydrogens (tertiary/aromatic N) is 1. The Balaban J connectivity index is 2.57. The normalized spacial score (nSPS) is 19.6. The highest BCUT2D eigenvalue weighted by Crippen LogP contribution is 2.36. The average molecular weight is 265 g/mol. The Labute approximate surface area is 110 Å². The second-order valence-electron chi connectivity index (χ2n) is 4.66. The topological polar surface area (TPSA) is 75.4 Å². The van der Waals surface area contributed by atoms with Gasteiger partial charge in [-0.05, 0) is 18.1 Å². The fourth-order valence-corrected chi connectivity index (χ4v) is 2.29. The third-order valence-electron chi connectivity index (χ3n) is 3.47. The summed E-state index contributed by atoms with van der Waals surface area (Å²) in [5.74, 6) is -1.07. The van der Waals surface area contributed by atoms with E-state index in [2.05, 4.69) is 5.32 Å². The van der Waals surface area contributed by atoms with Crippen molar-refractivity contribution >= 4 is 23.3 Å². The first-order valence-electron chi connectivity index (χ1n) is 6.15. The van der Waals surface area contributed by atoms with Crippen molar-refractivity contribution in [1.29, 1.82) is 0 Å². The lowest BCUT2D eigenvalue weighted by atomic mass is 9.94. The van der Waals surface area contributed by atoms with Crippen LogP contribution in [-0.4, -0.2) is 18.0 Å². The maximum atomic E-state index is 13.7. The van der Waals surface area contributed by atoms with Gasteiger partial charge in [-0.3, -0.25) is 9.69 Å². The van der Waals surface area contributed by atoms with Gasteiger partial charge in [0.2, 0.25) is 5.91 Å². The van der Waals surface area contributed by atoms with Gasteiger partial charge in [-0.2, -0.15) is 0 Å². The number of rotatable bonds is 2. The Morgan fingerprint density at radius 3 is 2.84 bits per heavy atom. The van der Waals surface area contributed by atoms with Crippen molar-refractivity contribution in [3.05, 3.63) is 24.0 Å². The molecule has 1 aliphatic heterocycles. The number of carbonyl (C=O) groups is 2. The van der Waals surface area contributed by atoms with Crippen LogP contribution in [-0.2, 0) is 4.79 Å². The first-order chi connectivity index (χ1) is 8.97. The number of para-hydroxylation sites is 1. The Morgan fingerprint density at radius 1 is 1.58 bits per heavy atom. The van der Waals surface area contributed by atoms with Gasteiger partial charge in [-0.25, -0.2) is 9.18 Å². The summed E-state index contributed by atoms with van der Waals surface area (Å²) in [6.07, 6.45) is 0.701. The minimum atomic E-state index is -0.757. The van der Waals surface area contributed by atoms with Crippen LogP contribution in [0.2, 0.25) is 0 Å². The lowest BCUT2D eigenvalue weighted by Crippen LogP contribution is -2.56. The van der Waals surface area contributed by atoms with E-state index in [0.29, 0.717) is 12.1 Å². The number of carbonyl (C=O) groups excluding carboxylic acids is 2. The zero-order valence-corrected chi connectivity index (χ0v) is 10.8. The molecule has 1 aliphatic rings. The van der Waals surface area contributed by atoms with Crippen molar-refractivity contribution < 1.29 is 14.0 Å². The molecule has 1 unspecified atom stereocenters. The molecule has 0 fully saturated rings. The highest BCUT2D eigenvalue weighted by atomic mass is 19.1. The van der Waals surface area contributed by atoms with Crippen LogP contribution < -0.4 is 16.0 Å². The summed E-state index contributed by atoms with van der Waals surface area (Å²) in [5.41, 5.74) is 5.67. The van der Waals surface area contributed by atoms with Gasteiger partial charge in [0.05, 0.1) is 5.69 Å². The largest absolute Gasteiger partial charge is 0.351 e. The van der Waals surface area contributed by atoms with Gasteiger partial charge >= 0.3 is 6.03 Å². The van der Waals surface area contributed by atoms with Crippen LogP contribution in [0.4, 0.5) is 20.6 Å². The number of anilines is 2. The molecule has 2 rings (SSSR count). The van der Waals surface area contributed by atoms with E-state index in [4.69, 9.17) is 5.73 Å². The lowest BCUT2D eigenvalue weighted by Gasteiger charge is -2.38. The summed E-state index contributed by atoms with van der Waals surface area (Å²) >= 11 is 0. The minimum absolute atomic E-state index is 0.00542. The molecule has 0 radical (unpaired) electrons. The molecule has 102 valence electrons. The Bertz CT molecular complexity index is 533. The van der Waals surface area contributed by atoms with Crippen LogP contribution in [0.25, 0.3) is 0 Å². The van der Waals surface area contributed by atoms with Gasteiger partial charge in [-0.15, -0.1) is 0 Å². The van der Waals surface area contributed by atoms with Crippen molar-refractivity contribution in [1.82, 2.24) is 0 Å². The van der Waals surface area contributed by atoms with E-state index < -0.39 is 23.8 Å². The molecule has 1 aromatic carbocycles. The number of hydrogen-bond acceptors (Lipinski definition) is 2. The molecule has 1 heterocycles. The molecule has 0 saturated carbocycles. The molecule has 3 amide bonds. The number of urea groups is 1. The number of hydrogen-bond donors (Lipinski definition) is 2. The van der Waals surface area contributed by atoms with Gasteiger partial charge in [0.25, 0.3) is 0 Å². The molecular weight excluding hydrogens is 249 g/mol. The fraction of sp³-hybridized carbons (Fsp3) is 0.385. The summed E-state index contributed by atoms with van der Waals surface area (Å²) < 4.78 is 13.7. The number of amides is 3. The standard InChI is InChI=1S/C13H16FN3O2/c1-3-7(2)11-12(18)16-10-8(14)5-4-6-9(10)17(11)13(15)19/h4-7,11H,3H2,1-2H3,(H2,15,19)(H,16,18)/t7?,11-/m0/s1. The van der Waals surface area contributed by atoms with E-state index >= 15 is 0 Å². The second kappa shape index (κ2) is 4.87. The number of benzene rings is 1. The van der Waals surface area contributed by atoms with Crippen LogP contribution in [0.3, 0.4) is 0 Å². The first-order valence-corrected chi connectivity index (χ1v) is 6.15. The van der Waals surface area contributed by atoms with Gasteiger partial charge in [0.1, 0.15) is 17.5 Å². The Kier molecular flexibility index (Phi) is 3.42. The lowest BCUT2D eigenvalue weighted by molar-refractivity contribution is -0.118. The van der Waals surface area contributed by atoms with E-state index in [-0.39, 0.29) is 11.6 Å². The van der Waals surface area contributed by atoms with Gasteiger partial charge < -0.3 is 11.1 Å². The molecule has 2 atom stereocenters. The van der Waals surface area contributed by atoms with Crippen molar-refractivity contribution in [3.8, 4) is 0 Å². The maximum absolute atomic E-state index is 13.7. The molecule has 0 spiro atoms. The van der Waals surface area contributed by atoms with Crippen LogP contribution in [0.1, 0.15) is 20.3 Å². The van der Waals surface area contributed by atoms with Crippen molar-refractivity contribution in [3.63, 3.8) is 0 Å². The summed E-state index contributed by atoms with van der Waals surface area (Å²) in [4.78, 5) is 24.9. The van der Waals surface area contributed by atoms with E-state index in [9.17, 15) is 14.0 Å². The monoisotopic (exact) mass is 265 g/mol. The number of nitrogens with two attached hydrogens (primary N) is 1.